The van der Waals surface area contributed by atoms with E-state index in [2.05, 4.69) is 27.9 Å². The van der Waals surface area contributed by atoms with Crippen LogP contribution >= 0.6 is 0 Å². The molecule has 1 aromatic carbocycles. The minimum Gasteiger partial charge on any atom is -0.364 e. The van der Waals surface area contributed by atoms with Gasteiger partial charge in [0.25, 0.3) is 0 Å². The van der Waals surface area contributed by atoms with E-state index in [9.17, 15) is 4.79 Å². The summed E-state index contributed by atoms with van der Waals surface area (Å²) in [7, 11) is 0. The van der Waals surface area contributed by atoms with Crippen LogP contribution in [0.1, 0.15) is 36.9 Å². The Balaban J connectivity index is 1.60. The number of benzene rings is 1. The average Bonchev–Trinajstić information content (AvgIpc) is 3.18. The number of nitrogens with one attached hydrogen (secondary N) is 2. The SMILES string of the molecule is O=C(NCc1ccon1)NC1(Cc2ccccc2)CCCC1. The number of carbonyl (C=O) groups excluding carboxylic acids is 1. The number of amides is 2. The number of urea groups is 1. The lowest BCUT2D eigenvalue weighted by molar-refractivity contribution is 0.223. The second kappa shape index (κ2) is 6.64. The summed E-state index contributed by atoms with van der Waals surface area (Å²) in [4.78, 5) is 12.2. The third kappa shape index (κ3) is 3.67. The number of hydrogen-bond donors (Lipinski definition) is 2. The zero-order valence-corrected chi connectivity index (χ0v) is 12.5. The van der Waals surface area contributed by atoms with Crippen LogP contribution in [-0.4, -0.2) is 16.7 Å². The largest absolute Gasteiger partial charge is 0.364 e. The molecule has 22 heavy (non-hydrogen) atoms. The molecule has 0 bridgehead atoms. The van der Waals surface area contributed by atoms with Crippen molar-refractivity contribution in [3.63, 3.8) is 0 Å². The highest BCUT2D eigenvalue weighted by Crippen LogP contribution is 2.32. The van der Waals surface area contributed by atoms with Crippen LogP contribution in [0.2, 0.25) is 0 Å². The van der Waals surface area contributed by atoms with E-state index in [1.54, 1.807) is 6.07 Å². The second-order valence-electron chi connectivity index (χ2n) is 5.95. The topological polar surface area (TPSA) is 67.2 Å². The maximum atomic E-state index is 12.2. The van der Waals surface area contributed by atoms with Crippen LogP contribution in [0, 0.1) is 0 Å². The molecule has 0 saturated heterocycles. The van der Waals surface area contributed by atoms with E-state index >= 15 is 0 Å². The van der Waals surface area contributed by atoms with Gasteiger partial charge in [-0.1, -0.05) is 48.3 Å². The Morgan fingerprint density at radius 1 is 1.18 bits per heavy atom. The fourth-order valence-electron chi connectivity index (χ4n) is 3.17. The summed E-state index contributed by atoms with van der Waals surface area (Å²) >= 11 is 0. The number of rotatable bonds is 5. The lowest BCUT2D eigenvalue weighted by atomic mass is 9.89. The Labute approximate surface area is 130 Å². The molecular formula is C17H21N3O2. The van der Waals surface area contributed by atoms with Crippen molar-refractivity contribution in [1.82, 2.24) is 15.8 Å². The first-order valence-electron chi connectivity index (χ1n) is 7.75. The molecule has 5 nitrogen and oxygen atoms in total. The fourth-order valence-corrected chi connectivity index (χ4v) is 3.17. The van der Waals surface area contributed by atoms with Crippen molar-refractivity contribution in [3.8, 4) is 0 Å². The monoisotopic (exact) mass is 299 g/mol. The molecule has 2 amide bonds. The first-order chi connectivity index (χ1) is 10.8. The van der Waals surface area contributed by atoms with Gasteiger partial charge in [0.1, 0.15) is 12.0 Å². The average molecular weight is 299 g/mol. The smallest absolute Gasteiger partial charge is 0.315 e. The van der Waals surface area contributed by atoms with Gasteiger partial charge >= 0.3 is 6.03 Å². The molecule has 0 aliphatic heterocycles. The van der Waals surface area contributed by atoms with Gasteiger partial charge in [0.15, 0.2) is 0 Å². The van der Waals surface area contributed by atoms with E-state index in [0.29, 0.717) is 6.54 Å². The van der Waals surface area contributed by atoms with Crippen LogP contribution in [0.5, 0.6) is 0 Å². The highest BCUT2D eigenvalue weighted by atomic mass is 16.5. The number of aromatic nitrogens is 1. The lowest BCUT2D eigenvalue weighted by Gasteiger charge is -2.30. The van der Waals surface area contributed by atoms with Crippen molar-refractivity contribution in [2.75, 3.05) is 0 Å². The highest BCUT2D eigenvalue weighted by molar-refractivity contribution is 5.74. The quantitative estimate of drug-likeness (QED) is 0.891. The number of hydrogen-bond acceptors (Lipinski definition) is 3. The Morgan fingerprint density at radius 2 is 1.95 bits per heavy atom. The number of nitrogens with zero attached hydrogens (tertiary/aromatic N) is 1. The van der Waals surface area contributed by atoms with Crippen molar-refractivity contribution < 1.29 is 9.32 Å². The minimum atomic E-state index is -0.138. The summed E-state index contributed by atoms with van der Waals surface area (Å²) in [6.07, 6.45) is 6.76. The van der Waals surface area contributed by atoms with E-state index in [-0.39, 0.29) is 11.6 Å². The molecule has 0 atom stereocenters. The summed E-state index contributed by atoms with van der Waals surface area (Å²) in [6, 6.07) is 12.0. The van der Waals surface area contributed by atoms with Gasteiger partial charge in [0.2, 0.25) is 0 Å². The van der Waals surface area contributed by atoms with Crippen LogP contribution in [0.3, 0.4) is 0 Å². The van der Waals surface area contributed by atoms with Crippen molar-refractivity contribution in [2.45, 2.75) is 44.2 Å². The molecule has 2 aromatic rings. The van der Waals surface area contributed by atoms with Crippen LogP contribution in [-0.2, 0) is 13.0 Å². The summed E-state index contributed by atoms with van der Waals surface area (Å²) in [5.74, 6) is 0. The third-order valence-electron chi connectivity index (χ3n) is 4.25. The van der Waals surface area contributed by atoms with Gasteiger partial charge < -0.3 is 15.2 Å². The first-order valence-corrected chi connectivity index (χ1v) is 7.75. The molecule has 1 aliphatic rings. The summed E-state index contributed by atoms with van der Waals surface area (Å²) in [5.41, 5.74) is 1.86. The van der Waals surface area contributed by atoms with Crippen molar-refractivity contribution >= 4 is 6.03 Å². The zero-order chi connectivity index (χ0) is 15.3. The minimum absolute atomic E-state index is 0.130. The molecule has 1 aliphatic carbocycles. The normalized spacial score (nSPS) is 16.4. The molecule has 3 rings (SSSR count). The molecule has 0 spiro atoms. The van der Waals surface area contributed by atoms with Crippen molar-refractivity contribution in [2.24, 2.45) is 0 Å². The Hall–Kier alpha value is -2.30. The van der Waals surface area contributed by atoms with Crippen LogP contribution in [0.25, 0.3) is 0 Å². The predicted molar refractivity (Wildman–Crippen MR) is 83.2 cm³/mol. The Bertz CT molecular complexity index is 590. The van der Waals surface area contributed by atoms with E-state index in [1.165, 1.54) is 11.8 Å². The summed E-state index contributed by atoms with van der Waals surface area (Å²) < 4.78 is 4.76. The maximum Gasteiger partial charge on any atom is 0.315 e. The van der Waals surface area contributed by atoms with Gasteiger partial charge in [-0.15, -0.1) is 0 Å². The number of carbonyl (C=O) groups is 1. The molecule has 2 N–H and O–H groups in total. The van der Waals surface area contributed by atoms with E-state index in [4.69, 9.17) is 4.52 Å². The lowest BCUT2D eigenvalue weighted by Crippen LogP contribution is -2.51. The third-order valence-corrected chi connectivity index (χ3v) is 4.25. The van der Waals surface area contributed by atoms with E-state index < -0.39 is 0 Å². The maximum absolute atomic E-state index is 12.2. The highest BCUT2D eigenvalue weighted by Gasteiger charge is 2.35. The molecule has 5 heteroatoms. The van der Waals surface area contributed by atoms with Gasteiger partial charge in [0.05, 0.1) is 6.54 Å². The van der Waals surface area contributed by atoms with E-state index in [0.717, 1.165) is 37.8 Å². The molecule has 1 saturated carbocycles. The predicted octanol–water partition coefficient (Wildman–Crippen LogP) is 3.03. The molecular weight excluding hydrogens is 278 g/mol. The fraction of sp³-hybridized carbons (Fsp3) is 0.412. The molecule has 116 valence electrons. The van der Waals surface area contributed by atoms with Crippen LogP contribution in [0.4, 0.5) is 4.79 Å². The zero-order valence-electron chi connectivity index (χ0n) is 12.5. The summed E-state index contributed by atoms with van der Waals surface area (Å²) in [6.45, 7) is 0.379. The van der Waals surface area contributed by atoms with Gasteiger partial charge in [-0.25, -0.2) is 4.79 Å². The summed E-state index contributed by atoms with van der Waals surface area (Å²) in [5, 5.41) is 9.83. The van der Waals surface area contributed by atoms with Gasteiger partial charge in [-0.2, -0.15) is 0 Å². The second-order valence-corrected chi connectivity index (χ2v) is 5.95. The van der Waals surface area contributed by atoms with Gasteiger partial charge in [0, 0.05) is 11.6 Å². The first kappa shape index (κ1) is 14.6. The molecule has 1 aromatic heterocycles. The van der Waals surface area contributed by atoms with Crippen molar-refractivity contribution in [1.29, 1.82) is 0 Å². The molecule has 0 radical (unpaired) electrons. The Kier molecular flexibility index (Phi) is 4.42. The standard InChI is InChI=1S/C17H21N3O2/c21-16(18-13-15-8-11-22-20-15)19-17(9-4-5-10-17)12-14-6-2-1-3-7-14/h1-3,6-8,11H,4-5,9-10,12-13H2,(H2,18,19,21). The Morgan fingerprint density at radius 3 is 2.64 bits per heavy atom. The van der Waals surface area contributed by atoms with Gasteiger partial charge in [-0.3, -0.25) is 0 Å². The van der Waals surface area contributed by atoms with Crippen molar-refractivity contribution in [3.05, 3.63) is 53.9 Å². The molecule has 0 unspecified atom stereocenters. The van der Waals surface area contributed by atoms with Crippen LogP contribution in [0.15, 0.2) is 47.2 Å². The van der Waals surface area contributed by atoms with Gasteiger partial charge in [-0.05, 0) is 24.8 Å². The molecule has 1 fully saturated rings. The van der Waals surface area contributed by atoms with E-state index in [1.807, 2.05) is 18.2 Å². The molecule has 1 heterocycles. The van der Waals surface area contributed by atoms with Crippen LogP contribution < -0.4 is 10.6 Å².